The zero-order chi connectivity index (χ0) is 8.39. The average molecular weight is 179 g/mol. The van der Waals surface area contributed by atoms with Gasteiger partial charge in [0.25, 0.3) is 0 Å². The van der Waals surface area contributed by atoms with Gasteiger partial charge >= 0.3 is 0 Å². The quantitative estimate of drug-likeness (QED) is 0.706. The third-order valence-electron chi connectivity index (χ3n) is 1.49. The number of fused-ring (bicyclic) bond motifs is 1. The van der Waals surface area contributed by atoms with E-state index in [2.05, 4.69) is 14.9 Å². The smallest absolute Gasteiger partial charge is 0.211 e. The van der Waals surface area contributed by atoms with Gasteiger partial charge in [0, 0.05) is 0 Å². The molecule has 1 N–H and O–H groups in total. The minimum atomic E-state index is 0.647. The number of anilines is 1. The van der Waals surface area contributed by atoms with Gasteiger partial charge in [-0.15, -0.1) is 5.10 Å². The van der Waals surface area contributed by atoms with Crippen molar-refractivity contribution in [2.75, 3.05) is 5.32 Å². The van der Waals surface area contributed by atoms with Gasteiger partial charge in [-0.3, -0.25) is 4.79 Å². The van der Waals surface area contributed by atoms with Crippen LogP contribution in [-0.4, -0.2) is 16.0 Å². The molecular formula is C7H5N3OS. The van der Waals surface area contributed by atoms with E-state index in [1.807, 2.05) is 18.2 Å². The van der Waals surface area contributed by atoms with Crippen LogP contribution in [0, 0.1) is 0 Å². The van der Waals surface area contributed by atoms with Crippen LogP contribution in [0.1, 0.15) is 0 Å². The molecule has 1 aromatic carbocycles. The maximum atomic E-state index is 10.2. The number of nitrogens with zero attached hydrogens (tertiary/aromatic N) is 2. The fraction of sp³-hybridized carbons (Fsp3) is 0. The zero-order valence-electron chi connectivity index (χ0n) is 6.02. The van der Waals surface area contributed by atoms with E-state index in [9.17, 15) is 4.79 Å². The van der Waals surface area contributed by atoms with Gasteiger partial charge in [0.15, 0.2) is 0 Å². The van der Waals surface area contributed by atoms with Crippen molar-refractivity contribution in [2.45, 2.75) is 0 Å². The van der Waals surface area contributed by atoms with E-state index in [1.54, 1.807) is 0 Å². The minimum absolute atomic E-state index is 0.647. The van der Waals surface area contributed by atoms with Gasteiger partial charge in [0.05, 0.1) is 10.4 Å². The van der Waals surface area contributed by atoms with E-state index in [4.69, 9.17) is 0 Å². The second-order valence-corrected chi connectivity index (χ2v) is 2.94. The molecule has 5 heteroatoms. The van der Waals surface area contributed by atoms with Crippen molar-refractivity contribution >= 4 is 33.8 Å². The first kappa shape index (κ1) is 7.17. The summed E-state index contributed by atoms with van der Waals surface area (Å²) in [5.41, 5.74) is 1.57. The molecule has 0 fully saturated rings. The normalized spacial score (nSPS) is 10.0. The number of amides is 1. The zero-order valence-corrected chi connectivity index (χ0v) is 6.84. The SMILES string of the molecule is O=CNc1cccc2nnsc12. The number of hydrogen-bond acceptors (Lipinski definition) is 4. The Morgan fingerprint density at radius 2 is 2.42 bits per heavy atom. The Kier molecular flexibility index (Phi) is 1.71. The number of carbonyl (C=O) groups is 1. The Hall–Kier alpha value is -1.49. The van der Waals surface area contributed by atoms with E-state index in [0.29, 0.717) is 6.41 Å². The number of benzene rings is 1. The largest absolute Gasteiger partial charge is 0.327 e. The predicted molar refractivity (Wildman–Crippen MR) is 47.1 cm³/mol. The molecule has 0 aliphatic rings. The van der Waals surface area contributed by atoms with Crippen LogP contribution in [-0.2, 0) is 4.79 Å². The third kappa shape index (κ3) is 1.04. The molecule has 0 spiro atoms. The molecule has 1 aromatic heterocycles. The molecule has 4 nitrogen and oxygen atoms in total. The van der Waals surface area contributed by atoms with Crippen LogP contribution in [0.15, 0.2) is 18.2 Å². The van der Waals surface area contributed by atoms with Gasteiger partial charge in [0.2, 0.25) is 6.41 Å². The fourth-order valence-corrected chi connectivity index (χ4v) is 1.62. The topological polar surface area (TPSA) is 54.9 Å². The van der Waals surface area contributed by atoms with Crippen molar-refractivity contribution in [2.24, 2.45) is 0 Å². The predicted octanol–water partition coefficient (Wildman–Crippen LogP) is 1.26. The van der Waals surface area contributed by atoms with E-state index in [0.717, 1.165) is 15.9 Å². The maximum Gasteiger partial charge on any atom is 0.211 e. The van der Waals surface area contributed by atoms with Gasteiger partial charge < -0.3 is 5.32 Å². The third-order valence-corrected chi connectivity index (χ3v) is 2.26. The van der Waals surface area contributed by atoms with Gasteiger partial charge in [-0.05, 0) is 23.7 Å². The highest BCUT2D eigenvalue weighted by Gasteiger charge is 2.02. The van der Waals surface area contributed by atoms with Crippen LogP contribution < -0.4 is 5.32 Å². The molecule has 0 atom stereocenters. The molecule has 2 rings (SSSR count). The lowest BCUT2D eigenvalue weighted by Crippen LogP contribution is -1.92. The summed E-state index contributed by atoms with van der Waals surface area (Å²) in [5, 5.41) is 6.46. The molecule has 2 aromatic rings. The second-order valence-electron chi connectivity index (χ2n) is 2.19. The van der Waals surface area contributed by atoms with Crippen molar-refractivity contribution in [1.82, 2.24) is 9.59 Å². The summed E-state index contributed by atoms with van der Waals surface area (Å²) in [4.78, 5) is 10.2. The number of aromatic nitrogens is 2. The van der Waals surface area contributed by atoms with Crippen LogP contribution in [0.2, 0.25) is 0 Å². The molecule has 60 valence electrons. The summed E-state index contributed by atoms with van der Waals surface area (Å²) in [7, 11) is 0. The standard InChI is InChI=1S/C7H5N3OS/c11-4-8-5-2-1-3-6-7(5)12-10-9-6/h1-4H,(H,8,11). The molecule has 0 saturated heterocycles. The molecule has 0 bridgehead atoms. The summed E-state index contributed by atoms with van der Waals surface area (Å²) in [5.74, 6) is 0. The summed E-state index contributed by atoms with van der Waals surface area (Å²) in [6.07, 6.45) is 0.647. The van der Waals surface area contributed by atoms with Crippen molar-refractivity contribution in [1.29, 1.82) is 0 Å². The van der Waals surface area contributed by atoms with E-state index in [1.165, 1.54) is 11.5 Å². The van der Waals surface area contributed by atoms with Crippen molar-refractivity contribution in [3.05, 3.63) is 18.2 Å². The molecule has 1 amide bonds. The molecule has 1 heterocycles. The van der Waals surface area contributed by atoms with Crippen LogP contribution in [0.5, 0.6) is 0 Å². The van der Waals surface area contributed by atoms with Gasteiger partial charge in [-0.2, -0.15) is 0 Å². The number of hydrogen-bond donors (Lipinski definition) is 1. The number of nitrogens with one attached hydrogen (secondary N) is 1. The van der Waals surface area contributed by atoms with Crippen LogP contribution in [0.4, 0.5) is 5.69 Å². The molecule has 0 aliphatic carbocycles. The van der Waals surface area contributed by atoms with E-state index < -0.39 is 0 Å². The monoisotopic (exact) mass is 179 g/mol. The summed E-state index contributed by atoms with van der Waals surface area (Å²) in [6, 6.07) is 5.50. The van der Waals surface area contributed by atoms with Crippen molar-refractivity contribution in [3.8, 4) is 0 Å². The Bertz CT molecular complexity index is 412. The Labute approximate surface area is 72.4 Å². The van der Waals surface area contributed by atoms with Gasteiger partial charge in [-0.1, -0.05) is 10.6 Å². The lowest BCUT2D eigenvalue weighted by atomic mass is 10.3. The molecule has 0 radical (unpaired) electrons. The number of rotatable bonds is 2. The van der Waals surface area contributed by atoms with Crippen molar-refractivity contribution < 1.29 is 4.79 Å². The maximum absolute atomic E-state index is 10.2. The van der Waals surface area contributed by atoms with Crippen LogP contribution >= 0.6 is 11.5 Å². The average Bonchev–Trinajstić information content (AvgIpc) is 2.53. The van der Waals surface area contributed by atoms with Crippen molar-refractivity contribution in [3.63, 3.8) is 0 Å². The fourth-order valence-electron chi connectivity index (χ4n) is 0.982. The molecular weight excluding hydrogens is 174 g/mol. The first-order valence-corrected chi connectivity index (χ1v) is 4.10. The summed E-state index contributed by atoms with van der Waals surface area (Å²) >= 11 is 1.27. The number of carbonyl (C=O) groups excluding carboxylic acids is 1. The molecule has 0 unspecified atom stereocenters. The molecule has 12 heavy (non-hydrogen) atoms. The van der Waals surface area contributed by atoms with Gasteiger partial charge in [0.1, 0.15) is 5.52 Å². The second kappa shape index (κ2) is 2.86. The first-order valence-electron chi connectivity index (χ1n) is 3.33. The summed E-state index contributed by atoms with van der Waals surface area (Å²) in [6.45, 7) is 0. The van der Waals surface area contributed by atoms with Crippen LogP contribution in [0.25, 0.3) is 10.2 Å². The van der Waals surface area contributed by atoms with Crippen LogP contribution in [0.3, 0.4) is 0 Å². The highest BCUT2D eigenvalue weighted by molar-refractivity contribution is 7.13. The highest BCUT2D eigenvalue weighted by atomic mass is 32.1. The molecule has 0 aliphatic heterocycles. The minimum Gasteiger partial charge on any atom is -0.327 e. The first-order chi connectivity index (χ1) is 5.92. The van der Waals surface area contributed by atoms with Gasteiger partial charge in [-0.25, -0.2) is 0 Å². The highest BCUT2D eigenvalue weighted by Crippen LogP contribution is 2.23. The van der Waals surface area contributed by atoms with E-state index in [-0.39, 0.29) is 0 Å². The summed E-state index contributed by atoms with van der Waals surface area (Å²) < 4.78 is 4.69. The van der Waals surface area contributed by atoms with E-state index >= 15 is 0 Å². The lowest BCUT2D eigenvalue weighted by Gasteiger charge is -1.96. The lowest BCUT2D eigenvalue weighted by molar-refractivity contribution is -0.105. The Morgan fingerprint density at radius 1 is 1.50 bits per heavy atom. The Morgan fingerprint density at radius 3 is 3.25 bits per heavy atom. The Balaban J connectivity index is 2.65. The molecule has 0 saturated carbocycles.